The van der Waals surface area contributed by atoms with Crippen LogP contribution in [-0.2, 0) is 6.42 Å². The second-order valence-electron chi connectivity index (χ2n) is 4.52. The van der Waals surface area contributed by atoms with Crippen LogP contribution >= 0.6 is 0 Å². The molecule has 1 unspecified atom stereocenters. The Bertz CT molecular complexity index is 519. The summed E-state index contributed by atoms with van der Waals surface area (Å²) in [4.78, 5) is 0. The van der Waals surface area contributed by atoms with Gasteiger partial charge in [-0.15, -0.1) is 0 Å². The number of nitrogens with one attached hydrogen (secondary N) is 1. The van der Waals surface area contributed by atoms with Crippen molar-refractivity contribution >= 4 is 0 Å². The number of furan rings is 1. The Morgan fingerprint density at radius 2 is 2.17 bits per heavy atom. The molecule has 1 N–H and O–H groups in total. The molecule has 3 nitrogen and oxygen atoms in total. The zero-order valence-electron chi connectivity index (χ0n) is 10.5. The van der Waals surface area contributed by atoms with Crippen LogP contribution in [0.3, 0.4) is 0 Å². The van der Waals surface area contributed by atoms with Crippen LogP contribution in [0.1, 0.15) is 29.3 Å². The van der Waals surface area contributed by atoms with Gasteiger partial charge in [0.15, 0.2) is 0 Å². The maximum Gasteiger partial charge on any atom is 0.127 e. The summed E-state index contributed by atoms with van der Waals surface area (Å²) in [5.74, 6) is 1.94. The lowest BCUT2D eigenvalue weighted by atomic mass is 9.97. The summed E-state index contributed by atoms with van der Waals surface area (Å²) in [7, 11) is 1.94. The fraction of sp³-hybridized carbons (Fsp3) is 0.333. The Hall–Kier alpha value is -1.74. The van der Waals surface area contributed by atoms with E-state index in [2.05, 4.69) is 23.5 Å². The highest BCUT2D eigenvalue weighted by Gasteiger charge is 2.22. The number of fused-ring (bicyclic) bond motifs is 1. The number of benzene rings is 1. The van der Waals surface area contributed by atoms with Gasteiger partial charge in [-0.05, 0) is 37.6 Å². The van der Waals surface area contributed by atoms with E-state index in [4.69, 9.17) is 9.15 Å². The van der Waals surface area contributed by atoms with Crippen molar-refractivity contribution in [1.82, 2.24) is 5.32 Å². The lowest BCUT2D eigenvalue weighted by Gasteiger charge is -2.24. The van der Waals surface area contributed by atoms with Gasteiger partial charge in [0.1, 0.15) is 11.5 Å². The van der Waals surface area contributed by atoms with Crippen LogP contribution in [0.5, 0.6) is 5.75 Å². The van der Waals surface area contributed by atoms with Gasteiger partial charge in [0, 0.05) is 5.56 Å². The first-order chi connectivity index (χ1) is 8.90. The molecule has 18 heavy (non-hydrogen) atoms. The zero-order chi connectivity index (χ0) is 12.4. The van der Waals surface area contributed by atoms with Gasteiger partial charge in [-0.2, -0.15) is 0 Å². The molecule has 2 aromatic rings. The molecule has 94 valence electrons. The van der Waals surface area contributed by atoms with Gasteiger partial charge in [0.25, 0.3) is 0 Å². The first kappa shape index (κ1) is 11.4. The number of hydrogen-bond acceptors (Lipinski definition) is 3. The maximum absolute atomic E-state index is 5.85. The molecule has 1 atom stereocenters. The van der Waals surface area contributed by atoms with Crippen LogP contribution in [-0.4, -0.2) is 13.7 Å². The fourth-order valence-electron chi connectivity index (χ4n) is 2.55. The maximum atomic E-state index is 5.85. The zero-order valence-corrected chi connectivity index (χ0v) is 10.5. The van der Waals surface area contributed by atoms with Crippen molar-refractivity contribution in [3.63, 3.8) is 0 Å². The Labute approximate surface area is 107 Å². The standard InChI is InChI=1S/C15H17NO2/c1-16-14(13-8-4-9-17-13)12-7-2-5-11-6-3-10-18-15(11)12/h2,4-5,7-9,14,16H,3,6,10H2,1H3. The molecule has 1 aromatic heterocycles. The van der Waals surface area contributed by atoms with E-state index in [1.165, 1.54) is 5.56 Å². The summed E-state index contributed by atoms with van der Waals surface area (Å²) in [5.41, 5.74) is 2.45. The SMILES string of the molecule is CNC(c1ccco1)c1cccc2c1OCCC2. The predicted molar refractivity (Wildman–Crippen MR) is 69.9 cm³/mol. The van der Waals surface area contributed by atoms with Crippen LogP contribution in [0.2, 0.25) is 0 Å². The first-order valence-electron chi connectivity index (χ1n) is 6.35. The smallest absolute Gasteiger partial charge is 0.127 e. The van der Waals surface area contributed by atoms with Gasteiger partial charge in [-0.25, -0.2) is 0 Å². The Balaban J connectivity index is 2.05. The van der Waals surface area contributed by atoms with Gasteiger partial charge in [-0.1, -0.05) is 18.2 Å². The van der Waals surface area contributed by atoms with Crippen molar-refractivity contribution in [1.29, 1.82) is 0 Å². The summed E-state index contributed by atoms with van der Waals surface area (Å²) in [6.45, 7) is 0.804. The van der Waals surface area contributed by atoms with Crippen molar-refractivity contribution < 1.29 is 9.15 Å². The molecule has 0 aliphatic carbocycles. The van der Waals surface area contributed by atoms with Crippen LogP contribution in [0.25, 0.3) is 0 Å². The average Bonchev–Trinajstić information content (AvgIpc) is 2.94. The van der Waals surface area contributed by atoms with E-state index in [0.29, 0.717) is 0 Å². The average molecular weight is 243 g/mol. The monoisotopic (exact) mass is 243 g/mol. The van der Waals surface area contributed by atoms with Crippen LogP contribution in [0, 0.1) is 0 Å². The summed E-state index contributed by atoms with van der Waals surface area (Å²) in [6, 6.07) is 10.3. The van der Waals surface area contributed by atoms with Crippen LogP contribution < -0.4 is 10.1 Å². The van der Waals surface area contributed by atoms with Gasteiger partial charge < -0.3 is 14.5 Å². The molecule has 2 heterocycles. The normalized spacial score (nSPS) is 15.8. The highest BCUT2D eigenvalue weighted by molar-refractivity contribution is 5.46. The molecular formula is C15H17NO2. The molecule has 0 saturated carbocycles. The highest BCUT2D eigenvalue weighted by atomic mass is 16.5. The largest absolute Gasteiger partial charge is 0.493 e. The number of ether oxygens (including phenoxy) is 1. The number of hydrogen-bond donors (Lipinski definition) is 1. The van der Waals surface area contributed by atoms with Gasteiger partial charge in [0.2, 0.25) is 0 Å². The molecule has 3 heteroatoms. The molecule has 0 amide bonds. The third-order valence-corrected chi connectivity index (χ3v) is 3.39. The minimum Gasteiger partial charge on any atom is -0.493 e. The lowest BCUT2D eigenvalue weighted by molar-refractivity contribution is 0.282. The lowest BCUT2D eigenvalue weighted by Crippen LogP contribution is -2.20. The van der Waals surface area contributed by atoms with E-state index in [1.54, 1.807) is 6.26 Å². The Kier molecular flexibility index (Phi) is 3.07. The summed E-state index contributed by atoms with van der Waals surface area (Å²) < 4.78 is 11.4. The Morgan fingerprint density at radius 3 is 2.94 bits per heavy atom. The summed E-state index contributed by atoms with van der Waals surface area (Å²) in [5, 5.41) is 3.30. The molecule has 0 spiro atoms. The molecule has 1 aliphatic heterocycles. The molecular weight excluding hydrogens is 226 g/mol. The third kappa shape index (κ3) is 1.91. The summed E-state index contributed by atoms with van der Waals surface area (Å²) >= 11 is 0. The topological polar surface area (TPSA) is 34.4 Å². The van der Waals surface area contributed by atoms with Crippen LogP contribution in [0.15, 0.2) is 41.0 Å². The van der Waals surface area contributed by atoms with Gasteiger partial charge >= 0.3 is 0 Å². The number of aryl methyl sites for hydroxylation is 1. The van der Waals surface area contributed by atoms with E-state index in [0.717, 1.165) is 36.5 Å². The molecule has 1 aliphatic rings. The minimum absolute atomic E-state index is 0.0491. The quantitative estimate of drug-likeness (QED) is 0.900. The van der Waals surface area contributed by atoms with Crippen molar-refractivity contribution in [3.05, 3.63) is 53.5 Å². The molecule has 1 aromatic carbocycles. The van der Waals surface area contributed by atoms with E-state index in [9.17, 15) is 0 Å². The molecule has 3 rings (SSSR count). The number of rotatable bonds is 3. The fourth-order valence-corrected chi connectivity index (χ4v) is 2.55. The van der Waals surface area contributed by atoms with Gasteiger partial charge in [-0.3, -0.25) is 0 Å². The van der Waals surface area contributed by atoms with E-state index in [-0.39, 0.29) is 6.04 Å². The first-order valence-corrected chi connectivity index (χ1v) is 6.35. The minimum atomic E-state index is 0.0491. The van der Waals surface area contributed by atoms with E-state index >= 15 is 0 Å². The van der Waals surface area contributed by atoms with Crippen molar-refractivity contribution in [3.8, 4) is 5.75 Å². The third-order valence-electron chi connectivity index (χ3n) is 3.39. The second-order valence-corrected chi connectivity index (χ2v) is 4.52. The van der Waals surface area contributed by atoms with Crippen molar-refractivity contribution in [2.24, 2.45) is 0 Å². The molecule has 0 bridgehead atoms. The highest BCUT2D eigenvalue weighted by Crippen LogP contribution is 2.35. The van der Waals surface area contributed by atoms with Crippen molar-refractivity contribution in [2.45, 2.75) is 18.9 Å². The summed E-state index contributed by atoms with van der Waals surface area (Å²) in [6.07, 6.45) is 3.90. The van der Waals surface area contributed by atoms with E-state index < -0.39 is 0 Å². The van der Waals surface area contributed by atoms with Crippen molar-refractivity contribution in [2.75, 3.05) is 13.7 Å². The Morgan fingerprint density at radius 1 is 1.22 bits per heavy atom. The predicted octanol–water partition coefficient (Wildman–Crippen LogP) is 2.91. The van der Waals surface area contributed by atoms with Crippen LogP contribution in [0.4, 0.5) is 0 Å². The second kappa shape index (κ2) is 4.86. The molecule has 0 fully saturated rings. The molecule has 0 radical (unpaired) electrons. The number of para-hydroxylation sites is 1. The molecule has 0 saturated heterocycles. The van der Waals surface area contributed by atoms with Gasteiger partial charge in [0.05, 0.1) is 18.9 Å². The van der Waals surface area contributed by atoms with E-state index in [1.807, 2.05) is 19.2 Å².